The third kappa shape index (κ3) is 3.60. The van der Waals surface area contributed by atoms with Gasteiger partial charge in [-0.2, -0.15) is 0 Å². The molecule has 0 spiro atoms. The van der Waals surface area contributed by atoms with Gasteiger partial charge in [0.25, 0.3) is 0 Å². The number of halogens is 1. The van der Waals surface area contributed by atoms with Gasteiger partial charge in [-0.1, -0.05) is 25.0 Å². The first-order chi connectivity index (χ1) is 7.78. The lowest BCUT2D eigenvalue weighted by molar-refractivity contribution is 0.484. The standard InChI is InChI=1S/C14H20FN/c1-16-14(8-7-11-5-6-11)10-12-3-2-4-13(15)9-12/h2-4,9,11,14,16H,5-8,10H2,1H3. The maximum atomic E-state index is 13.0. The van der Waals surface area contributed by atoms with Crippen molar-refractivity contribution in [1.29, 1.82) is 0 Å². The number of hydrogen-bond donors (Lipinski definition) is 1. The molecule has 1 aromatic rings. The van der Waals surface area contributed by atoms with E-state index >= 15 is 0 Å². The average Bonchev–Trinajstić information content (AvgIpc) is 3.08. The molecule has 2 rings (SSSR count). The van der Waals surface area contributed by atoms with Gasteiger partial charge >= 0.3 is 0 Å². The molecule has 1 nitrogen and oxygen atoms in total. The fourth-order valence-corrected chi connectivity index (χ4v) is 2.14. The Morgan fingerprint density at radius 2 is 2.25 bits per heavy atom. The van der Waals surface area contributed by atoms with Gasteiger partial charge in [0.1, 0.15) is 5.82 Å². The Hall–Kier alpha value is -0.890. The van der Waals surface area contributed by atoms with E-state index in [1.54, 1.807) is 12.1 Å². The van der Waals surface area contributed by atoms with Gasteiger partial charge in [0, 0.05) is 6.04 Å². The Labute approximate surface area is 97.1 Å². The molecule has 16 heavy (non-hydrogen) atoms. The van der Waals surface area contributed by atoms with Crippen molar-refractivity contribution in [3.05, 3.63) is 35.6 Å². The van der Waals surface area contributed by atoms with Crippen molar-refractivity contribution in [1.82, 2.24) is 5.32 Å². The van der Waals surface area contributed by atoms with Crippen LogP contribution >= 0.6 is 0 Å². The van der Waals surface area contributed by atoms with Crippen molar-refractivity contribution in [2.75, 3.05) is 7.05 Å². The minimum absolute atomic E-state index is 0.130. The van der Waals surface area contributed by atoms with E-state index in [0.29, 0.717) is 6.04 Å². The molecular weight excluding hydrogens is 201 g/mol. The number of benzene rings is 1. The van der Waals surface area contributed by atoms with Crippen LogP contribution in [0.1, 0.15) is 31.2 Å². The highest BCUT2D eigenvalue weighted by atomic mass is 19.1. The first kappa shape index (κ1) is 11.6. The normalized spacial score (nSPS) is 17.4. The van der Waals surface area contributed by atoms with Crippen molar-refractivity contribution >= 4 is 0 Å². The average molecular weight is 221 g/mol. The summed E-state index contributed by atoms with van der Waals surface area (Å²) in [5, 5.41) is 3.33. The summed E-state index contributed by atoms with van der Waals surface area (Å²) in [7, 11) is 2.00. The molecule has 0 heterocycles. The van der Waals surface area contributed by atoms with Crippen LogP contribution in [0.4, 0.5) is 4.39 Å². The highest BCUT2D eigenvalue weighted by molar-refractivity contribution is 5.17. The monoisotopic (exact) mass is 221 g/mol. The van der Waals surface area contributed by atoms with Crippen LogP contribution in [0, 0.1) is 11.7 Å². The van der Waals surface area contributed by atoms with Crippen LogP contribution in [-0.4, -0.2) is 13.1 Å². The summed E-state index contributed by atoms with van der Waals surface area (Å²) in [4.78, 5) is 0. The van der Waals surface area contributed by atoms with Crippen LogP contribution in [0.15, 0.2) is 24.3 Å². The maximum Gasteiger partial charge on any atom is 0.123 e. The number of hydrogen-bond acceptors (Lipinski definition) is 1. The van der Waals surface area contributed by atoms with E-state index in [4.69, 9.17) is 0 Å². The lowest BCUT2D eigenvalue weighted by atomic mass is 10.0. The molecule has 1 fully saturated rings. The minimum Gasteiger partial charge on any atom is -0.317 e. The summed E-state index contributed by atoms with van der Waals surface area (Å²) < 4.78 is 13.0. The van der Waals surface area contributed by atoms with Gasteiger partial charge in [-0.15, -0.1) is 0 Å². The van der Waals surface area contributed by atoms with Crippen LogP contribution in [0.25, 0.3) is 0 Å². The molecule has 1 N–H and O–H groups in total. The molecule has 1 unspecified atom stereocenters. The quantitative estimate of drug-likeness (QED) is 0.778. The largest absolute Gasteiger partial charge is 0.317 e. The number of rotatable bonds is 6. The maximum absolute atomic E-state index is 13.0. The zero-order valence-corrected chi connectivity index (χ0v) is 9.88. The molecule has 0 saturated heterocycles. The van der Waals surface area contributed by atoms with E-state index in [0.717, 1.165) is 17.9 Å². The van der Waals surface area contributed by atoms with Crippen LogP contribution < -0.4 is 5.32 Å². The molecule has 0 radical (unpaired) electrons. The van der Waals surface area contributed by atoms with Crippen molar-refractivity contribution in [2.45, 2.75) is 38.1 Å². The Balaban J connectivity index is 1.84. The lowest BCUT2D eigenvalue weighted by Crippen LogP contribution is -2.27. The molecule has 0 aliphatic heterocycles. The first-order valence-electron chi connectivity index (χ1n) is 6.19. The Morgan fingerprint density at radius 3 is 2.88 bits per heavy atom. The van der Waals surface area contributed by atoms with Crippen LogP contribution in [-0.2, 0) is 6.42 Å². The molecule has 0 amide bonds. The predicted molar refractivity (Wildman–Crippen MR) is 64.9 cm³/mol. The number of likely N-dealkylation sites (N-methyl/N-ethyl adjacent to an activating group) is 1. The van der Waals surface area contributed by atoms with Crippen LogP contribution in [0.3, 0.4) is 0 Å². The smallest absolute Gasteiger partial charge is 0.123 e. The minimum atomic E-state index is -0.130. The zero-order chi connectivity index (χ0) is 11.4. The molecule has 0 bridgehead atoms. The molecule has 1 saturated carbocycles. The van der Waals surface area contributed by atoms with Crippen molar-refractivity contribution in [2.24, 2.45) is 5.92 Å². The summed E-state index contributed by atoms with van der Waals surface area (Å²) in [5.74, 6) is 0.845. The summed E-state index contributed by atoms with van der Waals surface area (Å²) >= 11 is 0. The second-order valence-corrected chi connectivity index (χ2v) is 4.84. The molecule has 88 valence electrons. The van der Waals surface area contributed by atoms with E-state index < -0.39 is 0 Å². The molecule has 0 aromatic heterocycles. The summed E-state index contributed by atoms with van der Waals surface area (Å²) in [6.45, 7) is 0. The van der Waals surface area contributed by atoms with Gasteiger partial charge in [-0.25, -0.2) is 4.39 Å². The van der Waals surface area contributed by atoms with Gasteiger partial charge in [-0.3, -0.25) is 0 Å². The van der Waals surface area contributed by atoms with E-state index in [1.165, 1.54) is 31.7 Å². The zero-order valence-electron chi connectivity index (χ0n) is 9.88. The van der Waals surface area contributed by atoms with Crippen molar-refractivity contribution in [3.8, 4) is 0 Å². The Morgan fingerprint density at radius 1 is 1.44 bits per heavy atom. The van der Waals surface area contributed by atoms with Gasteiger partial charge in [-0.05, 0) is 49.9 Å². The second kappa shape index (κ2) is 5.44. The van der Waals surface area contributed by atoms with E-state index in [1.807, 2.05) is 13.1 Å². The highest BCUT2D eigenvalue weighted by Gasteiger charge is 2.22. The molecular formula is C14H20FN. The number of nitrogens with one attached hydrogen (secondary N) is 1. The van der Waals surface area contributed by atoms with Crippen molar-refractivity contribution in [3.63, 3.8) is 0 Å². The summed E-state index contributed by atoms with van der Waals surface area (Å²) in [6.07, 6.45) is 6.28. The predicted octanol–water partition coefficient (Wildman–Crippen LogP) is 3.15. The third-order valence-electron chi connectivity index (χ3n) is 3.40. The molecule has 1 aliphatic rings. The third-order valence-corrected chi connectivity index (χ3v) is 3.40. The Kier molecular flexibility index (Phi) is 3.94. The summed E-state index contributed by atoms with van der Waals surface area (Å²) in [6, 6.07) is 7.43. The molecule has 1 aromatic carbocycles. The van der Waals surface area contributed by atoms with E-state index in [2.05, 4.69) is 5.32 Å². The first-order valence-corrected chi connectivity index (χ1v) is 6.19. The SMILES string of the molecule is CNC(CCC1CC1)Cc1cccc(F)c1. The van der Waals surface area contributed by atoms with E-state index in [-0.39, 0.29) is 5.82 Å². The lowest BCUT2D eigenvalue weighted by Gasteiger charge is -2.16. The van der Waals surface area contributed by atoms with Gasteiger partial charge in [0.15, 0.2) is 0 Å². The van der Waals surface area contributed by atoms with Crippen molar-refractivity contribution < 1.29 is 4.39 Å². The van der Waals surface area contributed by atoms with Gasteiger partial charge < -0.3 is 5.32 Å². The summed E-state index contributed by atoms with van der Waals surface area (Å²) in [5.41, 5.74) is 1.09. The van der Waals surface area contributed by atoms with Gasteiger partial charge in [0.2, 0.25) is 0 Å². The fourth-order valence-electron chi connectivity index (χ4n) is 2.14. The van der Waals surface area contributed by atoms with Crippen LogP contribution in [0.5, 0.6) is 0 Å². The fraction of sp³-hybridized carbons (Fsp3) is 0.571. The molecule has 2 heteroatoms. The molecule has 1 aliphatic carbocycles. The Bertz CT molecular complexity index is 333. The van der Waals surface area contributed by atoms with Crippen LogP contribution in [0.2, 0.25) is 0 Å². The van der Waals surface area contributed by atoms with E-state index in [9.17, 15) is 4.39 Å². The topological polar surface area (TPSA) is 12.0 Å². The highest BCUT2D eigenvalue weighted by Crippen LogP contribution is 2.34. The molecule has 1 atom stereocenters. The second-order valence-electron chi connectivity index (χ2n) is 4.84. The van der Waals surface area contributed by atoms with Gasteiger partial charge in [0.05, 0.1) is 0 Å².